The highest BCUT2D eigenvalue weighted by atomic mass is 16.4. The van der Waals surface area contributed by atoms with E-state index in [1.165, 1.54) is 0 Å². The maximum Gasteiger partial charge on any atom is 0.310 e. The molecule has 0 spiro atoms. The molecule has 0 radical (unpaired) electrons. The lowest BCUT2D eigenvalue weighted by Gasteiger charge is -2.35. The van der Waals surface area contributed by atoms with Crippen LogP contribution in [0.5, 0.6) is 0 Å². The van der Waals surface area contributed by atoms with Crippen molar-refractivity contribution in [3.05, 3.63) is 0 Å². The van der Waals surface area contributed by atoms with E-state index in [2.05, 4.69) is 5.32 Å². The lowest BCUT2D eigenvalue weighted by Crippen LogP contribution is -2.48. The van der Waals surface area contributed by atoms with Gasteiger partial charge in [-0.15, -0.1) is 0 Å². The van der Waals surface area contributed by atoms with Crippen molar-refractivity contribution in [2.45, 2.75) is 77.7 Å². The zero-order valence-corrected chi connectivity index (χ0v) is 12.4. The summed E-state index contributed by atoms with van der Waals surface area (Å²) in [4.78, 5) is 23.7. The number of carbonyl (C=O) groups is 2. The molecule has 0 bridgehead atoms. The Morgan fingerprint density at radius 2 is 1.68 bits per heavy atom. The number of carboxylic acid groups (broad SMARTS) is 1. The molecule has 19 heavy (non-hydrogen) atoms. The molecule has 1 rings (SSSR count). The Hall–Kier alpha value is -1.06. The summed E-state index contributed by atoms with van der Waals surface area (Å²) >= 11 is 0. The summed E-state index contributed by atoms with van der Waals surface area (Å²) in [7, 11) is 0. The minimum Gasteiger partial charge on any atom is -0.481 e. The first-order valence-corrected chi connectivity index (χ1v) is 7.42. The zero-order valence-electron chi connectivity index (χ0n) is 12.4. The summed E-state index contributed by atoms with van der Waals surface area (Å²) in [5, 5.41) is 12.5. The Balaban J connectivity index is 2.70. The van der Waals surface area contributed by atoms with Crippen LogP contribution < -0.4 is 5.32 Å². The Bertz CT molecular complexity index is 328. The highest BCUT2D eigenvalue weighted by molar-refractivity contribution is 5.85. The van der Waals surface area contributed by atoms with E-state index < -0.39 is 11.4 Å². The van der Waals surface area contributed by atoms with Gasteiger partial charge in [-0.05, 0) is 32.6 Å². The largest absolute Gasteiger partial charge is 0.481 e. The molecule has 0 aromatic heterocycles. The van der Waals surface area contributed by atoms with Crippen LogP contribution in [0.4, 0.5) is 0 Å². The standard InChI is InChI=1S/C15H27NO3/c1-4-14(3,5-2)16-12(17)11-15(13(18)19)9-7-6-8-10-15/h4-11H2,1-3H3,(H,16,17)(H,18,19). The minimum absolute atomic E-state index is 0.115. The average molecular weight is 269 g/mol. The smallest absolute Gasteiger partial charge is 0.310 e. The fourth-order valence-corrected chi connectivity index (χ4v) is 2.81. The lowest BCUT2D eigenvalue weighted by atomic mass is 9.71. The van der Waals surface area contributed by atoms with Crippen LogP contribution in [0.1, 0.15) is 72.1 Å². The predicted octanol–water partition coefficient (Wildman–Crippen LogP) is 3.11. The molecular formula is C15H27NO3. The number of nitrogens with one attached hydrogen (secondary N) is 1. The number of hydrogen-bond acceptors (Lipinski definition) is 2. The second kappa shape index (κ2) is 6.40. The summed E-state index contributed by atoms with van der Waals surface area (Å²) in [6, 6.07) is 0. The number of carbonyl (C=O) groups excluding carboxylic acids is 1. The molecule has 1 fully saturated rings. The van der Waals surface area contributed by atoms with Crippen molar-refractivity contribution < 1.29 is 14.7 Å². The molecule has 0 saturated heterocycles. The number of aliphatic carboxylic acids is 1. The summed E-state index contributed by atoms with van der Waals surface area (Å²) < 4.78 is 0. The third-order valence-corrected chi connectivity index (χ3v) is 4.77. The van der Waals surface area contributed by atoms with E-state index in [0.717, 1.165) is 32.1 Å². The summed E-state index contributed by atoms with van der Waals surface area (Å²) in [6.45, 7) is 6.09. The average Bonchev–Trinajstić information content (AvgIpc) is 2.39. The molecule has 1 amide bonds. The fraction of sp³-hybridized carbons (Fsp3) is 0.867. The van der Waals surface area contributed by atoms with Crippen molar-refractivity contribution in [2.75, 3.05) is 0 Å². The van der Waals surface area contributed by atoms with Crippen LogP contribution in [0.25, 0.3) is 0 Å². The monoisotopic (exact) mass is 269 g/mol. The molecule has 4 nitrogen and oxygen atoms in total. The first-order valence-electron chi connectivity index (χ1n) is 7.42. The Kier molecular flexibility index (Phi) is 5.39. The Morgan fingerprint density at radius 1 is 1.16 bits per heavy atom. The topological polar surface area (TPSA) is 66.4 Å². The Morgan fingerprint density at radius 3 is 2.11 bits per heavy atom. The van der Waals surface area contributed by atoms with Crippen molar-refractivity contribution in [2.24, 2.45) is 5.41 Å². The first-order chi connectivity index (χ1) is 8.87. The van der Waals surface area contributed by atoms with E-state index in [-0.39, 0.29) is 17.9 Å². The van der Waals surface area contributed by atoms with Crippen LogP contribution in [-0.4, -0.2) is 22.5 Å². The summed E-state index contributed by atoms with van der Waals surface area (Å²) in [6.07, 6.45) is 6.01. The maximum absolute atomic E-state index is 12.2. The van der Waals surface area contributed by atoms with Crippen molar-refractivity contribution in [3.8, 4) is 0 Å². The number of rotatable bonds is 6. The quantitative estimate of drug-likeness (QED) is 0.778. The van der Waals surface area contributed by atoms with Gasteiger partial charge < -0.3 is 10.4 Å². The molecule has 1 saturated carbocycles. The summed E-state index contributed by atoms with van der Waals surface area (Å²) in [5.74, 6) is -0.924. The second-order valence-corrected chi connectivity index (χ2v) is 6.14. The minimum atomic E-state index is -0.829. The third-order valence-electron chi connectivity index (χ3n) is 4.77. The van der Waals surface area contributed by atoms with Gasteiger partial charge in [0.1, 0.15) is 0 Å². The first kappa shape index (κ1) is 16.0. The third kappa shape index (κ3) is 3.95. The van der Waals surface area contributed by atoms with Gasteiger partial charge in [0.05, 0.1) is 5.41 Å². The highest BCUT2D eigenvalue weighted by Crippen LogP contribution is 2.39. The molecule has 110 valence electrons. The van der Waals surface area contributed by atoms with Crippen molar-refractivity contribution in [1.29, 1.82) is 0 Å². The fourth-order valence-electron chi connectivity index (χ4n) is 2.81. The number of hydrogen-bond donors (Lipinski definition) is 2. The normalized spacial score (nSPS) is 18.9. The van der Waals surface area contributed by atoms with Crippen LogP contribution in [0.3, 0.4) is 0 Å². The number of amides is 1. The SMILES string of the molecule is CCC(C)(CC)NC(=O)CC1(C(=O)O)CCCCC1. The molecule has 0 unspecified atom stereocenters. The van der Waals surface area contributed by atoms with Crippen molar-refractivity contribution in [1.82, 2.24) is 5.32 Å². The van der Waals surface area contributed by atoms with Gasteiger partial charge in [-0.1, -0.05) is 33.1 Å². The van der Waals surface area contributed by atoms with E-state index in [9.17, 15) is 14.7 Å². The number of carboxylic acids is 1. The van der Waals surface area contributed by atoms with E-state index in [0.29, 0.717) is 12.8 Å². The molecular weight excluding hydrogens is 242 g/mol. The molecule has 0 aliphatic heterocycles. The molecule has 2 N–H and O–H groups in total. The van der Waals surface area contributed by atoms with Crippen LogP contribution in [0.15, 0.2) is 0 Å². The van der Waals surface area contributed by atoms with E-state index in [1.54, 1.807) is 0 Å². The van der Waals surface area contributed by atoms with E-state index >= 15 is 0 Å². The van der Waals surface area contributed by atoms with Gasteiger partial charge in [0.2, 0.25) is 5.91 Å². The van der Waals surface area contributed by atoms with Crippen molar-refractivity contribution in [3.63, 3.8) is 0 Å². The molecule has 0 heterocycles. The van der Waals surface area contributed by atoms with E-state index in [1.807, 2.05) is 20.8 Å². The predicted molar refractivity (Wildman–Crippen MR) is 74.9 cm³/mol. The molecule has 0 atom stereocenters. The lowest BCUT2D eigenvalue weighted by molar-refractivity contribution is -0.154. The van der Waals surface area contributed by atoms with Gasteiger partial charge in [0, 0.05) is 12.0 Å². The van der Waals surface area contributed by atoms with Crippen LogP contribution in [0.2, 0.25) is 0 Å². The van der Waals surface area contributed by atoms with Crippen LogP contribution in [-0.2, 0) is 9.59 Å². The summed E-state index contributed by atoms with van der Waals surface area (Å²) in [5.41, 5.74) is -1.05. The molecule has 0 aromatic rings. The second-order valence-electron chi connectivity index (χ2n) is 6.14. The van der Waals surface area contributed by atoms with Crippen LogP contribution in [0, 0.1) is 5.41 Å². The van der Waals surface area contributed by atoms with E-state index in [4.69, 9.17) is 0 Å². The van der Waals surface area contributed by atoms with Crippen LogP contribution >= 0.6 is 0 Å². The van der Waals surface area contributed by atoms with Gasteiger partial charge >= 0.3 is 5.97 Å². The zero-order chi connectivity index (χ0) is 14.5. The van der Waals surface area contributed by atoms with Gasteiger partial charge in [0.15, 0.2) is 0 Å². The van der Waals surface area contributed by atoms with Gasteiger partial charge in [-0.2, -0.15) is 0 Å². The van der Waals surface area contributed by atoms with Gasteiger partial charge in [-0.25, -0.2) is 0 Å². The molecule has 0 aromatic carbocycles. The molecule has 4 heteroatoms. The molecule has 1 aliphatic carbocycles. The van der Waals surface area contributed by atoms with Gasteiger partial charge in [-0.3, -0.25) is 9.59 Å². The van der Waals surface area contributed by atoms with Crippen molar-refractivity contribution >= 4 is 11.9 Å². The molecule has 1 aliphatic rings. The highest BCUT2D eigenvalue weighted by Gasteiger charge is 2.42. The maximum atomic E-state index is 12.2. The van der Waals surface area contributed by atoms with Gasteiger partial charge in [0.25, 0.3) is 0 Å². The Labute approximate surface area is 116 Å².